The lowest BCUT2D eigenvalue weighted by molar-refractivity contribution is 0.0340. The van der Waals surface area contributed by atoms with Crippen LogP contribution in [0.5, 0.6) is 5.75 Å². The van der Waals surface area contributed by atoms with Crippen LogP contribution in [0.3, 0.4) is 0 Å². The highest BCUT2D eigenvalue weighted by molar-refractivity contribution is 5.48. The summed E-state index contributed by atoms with van der Waals surface area (Å²) in [6.45, 7) is 7.66. The Balaban J connectivity index is 1.89. The van der Waals surface area contributed by atoms with Gasteiger partial charge >= 0.3 is 0 Å². The molecule has 0 radical (unpaired) electrons. The van der Waals surface area contributed by atoms with Gasteiger partial charge in [0.1, 0.15) is 5.75 Å². The van der Waals surface area contributed by atoms with Crippen LogP contribution < -0.4 is 15.0 Å². The van der Waals surface area contributed by atoms with Gasteiger partial charge in [0.05, 0.1) is 18.8 Å². The zero-order chi connectivity index (χ0) is 13.7. The first-order chi connectivity index (χ1) is 9.15. The zero-order valence-electron chi connectivity index (χ0n) is 12.1. The van der Waals surface area contributed by atoms with Gasteiger partial charge in [-0.05, 0) is 38.1 Å². The van der Waals surface area contributed by atoms with Crippen molar-refractivity contribution in [1.29, 1.82) is 0 Å². The van der Waals surface area contributed by atoms with Crippen LogP contribution in [0.1, 0.15) is 13.8 Å². The summed E-state index contributed by atoms with van der Waals surface area (Å²) in [5.74, 6) is 0.919. The predicted molar refractivity (Wildman–Crippen MR) is 78.1 cm³/mol. The van der Waals surface area contributed by atoms with Crippen molar-refractivity contribution in [2.45, 2.75) is 26.1 Å². The first-order valence-electron chi connectivity index (χ1n) is 6.95. The van der Waals surface area contributed by atoms with Crippen LogP contribution in [-0.2, 0) is 4.74 Å². The molecule has 106 valence electrons. The number of nitrogens with zero attached hydrogens (tertiary/aromatic N) is 1. The molecule has 19 heavy (non-hydrogen) atoms. The molecule has 1 atom stereocenters. The van der Waals surface area contributed by atoms with Gasteiger partial charge in [0.25, 0.3) is 0 Å². The Kier molecular flexibility index (Phi) is 5.05. The van der Waals surface area contributed by atoms with Crippen molar-refractivity contribution in [3.05, 3.63) is 24.3 Å². The molecule has 0 spiro atoms. The van der Waals surface area contributed by atoms with E-state index >= 15 is 0 Å². The number of morpholine rings is 1. The summed E-state index contributed by atoms with van der Waals surface area (Å²) < 4.78 is 11.4. The van der Waals surface area contributed by atoms with Gasteiger partial charge in [-0.15, -0.1) is 0 Å². The van der Waals surface area contributed by atoms with Gasteiger partial charge in [0.15, 0.2) is 0 Å². The smallest absolute Gasteiger partial charge is 0.119 e. The molecule has 0 aliphatic carbocycles. The summed E-state index contributed by atoms with van der Waals surface area (Å²) in [6, 6.07) is 8.22. The van der Waals surface area contributed by atoms with Crippen molar-refractivity contribution in [1.82, 2.24) is 5.32 Å². The molecule has 0 bridgehead atoms. The van der Waals surface area contributed by atoms with Crippen LogP contribution in [0.2, 0.25) is 0 Å². The molecule has 0 saturated carbocycles. The fourth-order valence-corrected chi connectivity index (χ4v) is 2.20. The Hall–Kier alpha value is -1.26. The molecule has 1 N–H and O–H groups in total. The van der Waals surface area contributed by atoms with Gasteiger partial charge in [-0.2, -0.15) is 0 Å². The number of nitrogens with one attached hydrogen (secondary N) is 1. The standard InChI is InChI=1S/C15H24N2O2/c1-12(2)19-14-6-4-13(5-7-14)17(3)11-15-10-16-8-9-18-15/h4-7,12,15-16H,8-11H2,1-3H3. The average molecular weight is 264 g/mol. The Morgan fingerprint density at radius 1 is 1.37 bits per heavy atom. The fraction of sp³-hybridized carbons (Fsp3) is 0.600. The van der Waals surface area contributed by atoms with Crippen LogP contribution in [0.15, 0.2) is 24.3 Å². The third-order valence-corrected chi connectivity index (χ3v) is 3.13. The Morgan fingerprint density at radius 3 is 2.68 bits per heavy atom. The summed E-state index contributed by atoms with van der Waals surface area (Å²) in [5.41, 5.74) is 1.19. The summed E-state index contributed by atoms with van der Waals surface area (Å²) in [7, 11) is 2.09. The minimum atomic E-state index is 0.213. The van der Waals surface area contributed by atoms with E-state index in [4.69, 9.17) is 9.47 Å². The molecule has 1 saturated heterocycles. The highest BCUT2D eigenvalue weighted by Gasteiger charge is 2.15. The SMILES string of the molecule is CC(C)Oc1ccc(N(C)CC2CNCCO2)cc1. The Labute approximate surface area is 115 Å². The number of benzene rings is 1. The predicted octanol–water partition coefficient (Wildman–Crippen LogP) is 1.90. The van der Waals surface area contributed by atoms with Crippen molar-refractivity contribution in [3.63, 3.8) is 0 Å². The van der Waals surface area contributed by atoms with Crippen LogP contribution in [0, 0.1) is 0 Å². The Bertz CT molecular complexity index is 372. The maximum absolute atomic E-state index is 5.72. The Morgan fingerprint density at radius 2 is 2.11 bits per heavy atom. The molecule has 1 fully saturated rings. The lowest BCUT2D eigenvalue weighted by Gasteiger charge is -2.29. The van der Waals surface area contributed by atoms with Crippen LogP contribution in [-0.4, -0.2) is 45.5 Å². The van der Waals surface area contributed by atoms with Gasteiger partial charge in [-0.3, -0.25) is 0 Å². The minimum absolute atomic E-state index is 0.213. The van der Waals surface area contributed by atoms with E-state index in [9.17, 15) is 0 Å². The number of hydrogen-bond acceptors (Lipinski definition) is 4. The average Bonchev–Trinajstić information content (AvgIpc) is 2.40. The second kappa shape index (κ2) is 6.78. The molecular weight excluding hydrogens is 240 g/mol. The largest absolute Gasteiger partial charge is 0.491 e. The summed E-state index contributed by atoms with van der Waals surface area (Å²) in [5, 5.41) is 3.35. The van der Waals surface area contributed by atoms with Gasteiger partial charge in [0, 0.05) is 32.4 Å². The number of anilines is 1. The van der Waals surface area contributed by atoms with E-state index in [1.807, 2.05) is 26.0 Å². The second-order valence-corrected chi connectivity index (χ2v) is 5.24. The third kappa shape index (κ3) is 4.40. The van der Waals surface area contributed by atoms with Crippen LogP contribution in [0.4, 0.5) is 5.69 Å². The quantitative estimate of drug-likeness (QED) is 0.880. The van der Waals surface area contributed by atoms with Crippen molar-refractivity contribution in [2.75, 3.05) is 38.2 Å². The van der Waals surface area contributed by atoms with Crippen molar-refractivity contribution >= 4 is 5.69 Å². The molecule has 1 aliphatic heterocycles. The maximum atomic E-state index is 5.72. The summed E-state index contributed by atoms with van der Waals surface area (Å²) in [4.78, 5) is 2.22. The number of rotatable bonds is 5. The normalized spacial score (nSPS) is 19.5. The molecule has 0 amide bonds. The van der Waals surface area contributed by atoms with Gasteiger partial charge in [-0.25, -0.2) is 0 Å². The van der Waals surface area contributed by atoms with E-state index < -0.39 is 0 Å². The molecule has 1 aromatic rings. The molecule has 1 unspecified atom stereocenters. The van der Waals surface area contributed by atoms with Crippen molar-refractivity contribution in [2.24, 2.45) is 0 Å². The molecular formula is C15H24N2O2. The monoisotopic (exact) mass is 264 g/mol. The van der Waals surface area contributed by atoms with E-state index in [1.165, 1.54) is 5.69 Å². The minimum Gasteiger partial charge on any atom is -0.491 e. The number of hydrogen-bond donors (Lipinski definition) is 1. The molecule has 1 aliphatic rings. The van der Waals surface area contributed by atoms with Crippen LogP contribution >= 0.6 is 0 Å². The van der Waals surface area contributed by atoms with E-state index in [1.54, 1.807) is 0 Å². The highest BCUT2D eigenvalue weighted by atomic mass is 16.5. The van der Waals surface area contributed by atoms with E-state index in [0.717, 1.165) is 32.0 Å². The third-order valence-electron chi connectivity index (χ3n) is 3.13. The first-order valence-corrected chi connectivity index (χ1v) is 6.95. The lowest BCUT2D eigenvalue weighted by atomic mass is 10.2. The molecule has 0 aromatic heterocycles. The summed E-state index contributed by atoms with van der Waals surface area (Å²) >= 11 is 0. The topological polar surface area (TPSA) is 33.7 Å². The summed E-state index contributed by atoms with van der Waals surface area (Å²) in [6.07, 6.45) is 0.482. The van der Waals surface area contributed by atoms with Gasteiger partial charge in [0.2, 0.25) is 0 Å². The number of ether oxygens (including phenoxy) is 2. The molecule has 1 aromatic carbocycles. The van der Waals surface area contributed by atoms with Crippen molar-refractivity contribution in [3.8, 4) is 5.75 Å². The van der Waals surface area contributed by atoms with E-state index in [-0.39, 0.29) is 12.2 Å². The molecule has 4 heteroatoms. The van der Waals surface area contributed by atoms with E-state index in [2.05, 4.69) is 29.4 Å². The first kappa shape index (κ1) is 14.2. The van der Waals surface area contributed by atoms with E-state index in [0.29, 0.717) is 0 Å². The molecule has 1 heterocycles. The molecule has 2 rings (SSSR count). The second-order valence-electron chi connectivity index (χ2n) is 5.24. The number of likely N-dealkylation sites (N-methyl/N-ethyl adjacent to an activating group) is 1. The fourth-order valence-electron chi connectivity index (χ4n) is 2.20. The van der Waals surface area contributed by atoms with Crippen LogP contribution in [0.25, 0.3) is 0 Å². The van der Waals surface area contributed by atoms with Gasteiger partial charge < -0.3 is 19.7 Å². The highest BCUT2D eigenvalue weighted by Crippen LogP contribution is 2.19. The van der Waals surface area contributed by atoms with Crippen molar-refractivity contribution < 1.29 is 9.47 Å². The maximum Gasteiger partial charge on any atom is 0.119 e. The molecule has 4 nitrogen and oxygen atoms in total. The zero-order valence-corrected chi connectivity index (χ0v) is 12.1. The van der Waals surface area contributed by atoms with Gasteiger partial charge in [-0.1, -0.05) is 0 Å². The lowest BCUT2D eigenvalue weighted by Crippen LogP contribution is -2.44.